The highest BCUT2D eigenvalue weighted by molar-refractivity contribution is 5.83. The maximum Gasteiger partial charge on any atom is 0.323 e. The van der Waals surface area contributed by atoms with Crippen molar-refractivity contribution in [3.05, 3.63) is 34.2 Å². The first kappa shape index (κ1) is 15.3. The van der Waals surface area contributed by atoms with Gasteiger partial charge in [-0.05, 0) is 30.0 Å². The Morgan fingerprint density at radius 1 is 1.24 bits per heavy atom. The minimum absolute atomic E-state index is 0.183. The lowest BCUT2D eigenvalue weighted by Gasteiger charge is -2.27. The summed E-state index contributed by atoms with van der Waals surface area (Å²) in [6, 6.07) is 4.78. The average Bonchev–Trinajstić information content (AvgIpc) is 2.75. The fourth-order valence-corrected chi connectivity index (χ4v) is 2.10. The Kier molecular flexibility index (Phi) is 3.91. The summed E-state index contributed by atoms with van der Waals surface area (Å²) in [4.78, 5) is 28.8. The third kappa shape index (κ3) is 3.33. The van der Waals surface area contributed by atoms with Crippen LogP contribution >= 0.6 is 0 Å². The third-order valence-electron chi connectivity index (χ3n) is 3.61. The number of nitrogens with two attached hydrogens (primary N) is 1. The number of benzene rings is 1. The molecule has 0 aliphatic rings. The lowest BCUT2D eigenvalue weighted by Crippen LogP contribution is -2.49. The van der Waals surface area contributed by atoms with Gasteiger partial charge < -0.3 is 21.0 Å². The number of nitrogens with one attached hydrogen (secondary N) is 3. The van der Waals surface area contributed by atoms with Crippen LogP contribution in [0.25, 0.3) is 11.0 Å². The Morgan fingerprint density at radius 2 is 1.86 bits per heavy atom. The van der Waals surface area contributed by atoms with Gasteiger partial charge in [0.05, 0.1) is 23.1 Å². The van der Waals surface area contributed by atoms with Crippen molar-refractivity contribution in [3.63, 3.8) is 0 Å². The first-order valence-corrected chi connectivity index (χ1v) is 6.96. The van der Waals surface area contributed by atoms with Gasteiger partial charge in [0.1, 0.15) is 0 Å². The average molecular weight is 290 g/mol. The van der Waals surface area contributed by atoms with Crippen LogP contribution in [0, 0.1) is 5.41 Å². The van der Waals surface area contributed by atoms with Crippen molar-refractivity contribution in [2.24, 2.45) is 11.1 Å². The topological polar surface area (TPSA) is 104 Å². The molecule has 0 saturated carbocycles. The predicted octanol–water partition coefficient (Wildman–Crippen LogP) is 1.41. The number of aromatic nitrogens is 2. The van der Waals surface area contributed by atoms with Gasteiger partial charge in [0.25, 0.3) is 0 Å². The van der Waals surface area contributed by atoms with Gasteiger partial charge in [0.2, 0.25) is 5.91 Å². The number of hydrogen-bond donors (Lipinski definition) is 4. The van der Waals surface area contributed by atoms with E-state index >= 15 is 0 Å². The smallest absolute Gasteiger partial charge is 0.323 e. The van der Waals surface area contributed by atoms with Crippen LogP contribution in [-0.4, -0.2) is 21.9 Å². The zero-order valence-electron chi connectivity index (χ0n) is 12.8. The summed E-state index contributed by atoms with van der Waals surface area (Å²) in [5, 5.41) is 2.91. The quantitative estimate of drug-likeness (QED) is 0.687. The third-order valence-corrected chi connectivity index (χ3v) is 3.61. The molecule has 0 bridgehead atoms. The monoisotopic (exact) mass is 290 g/mol. The minimum atomic E-state index is -0.573. The molecule has 5 N–H and O–H groups in total. The van der Waals surface area contributed by atoms with E-state index < -0.39 is 6.04 Å². The summed E-state index contributed by atoms with van der Waals surface area (Å²) in [5.41, 5.74) is 7.79. The number of fused-ring (bicyclic) bond motifs is 1. The molecular formula is C15H22N4O2. The van der Waals surface area contributed by atoms with E-state index in [4.69, 9.17) is 5.73 Å². The second-order valence-electron chi connectivity index (χ2n) is 6.46. The van der Waals surface area contributed by atoms with Gasteiger partial charge in [-0.2, -0.15) is 0 Å². The Morgan fingerprint density at radius 3 is 2.48 bits per heavy atom. The molecule has 2 atom stereocenters. The summed E-state index contributed by atoms with van der Waals surface area (Å²) in [6.45, 7) is 7.68. The van der Waals surface area contributed by atoms with E-state index in [1.165, 1.54) is 0 Å². The Bertz CT molecular complexity index is 708. The van der Waals surface area contributed by atoms with Crippen LogP contribution in [-0.2, 0) is 4.79 Å². The summed E-state index contributed by atoms with van der Waals surface area (Å²) in [7, 11) is 0. The molecule has 0 radical (unpaired) electrons. The van der Waals surface area contributed by atoms with Crippen molar-refractivity contribution in [1.82, 2.24) is 15.3 Å². The van der Waals surface area contributed by atoms with Crippen molar-refractivity contribution >= 4 is 16.9 Å². The van der Waals surface area contributed by atoms with E-state index in [0.717, 1.165) is 16.6 Å². The van der Waals surface area contributed by atoms with E-state index in [2.05, 4.69) is 15.3 Å². The minimum Gasteiger partial charge on any atom is -0.348 e. The molecule has 1 aromatic carbocycles. The van der Waals surface area contributed by atoms with Crippen molar-refractivity contribution in [2.45, 2.75) is 39.8 Å². The predicted molar refractivity (Wildman–Crippen MR) is 82.9 cm³/mol. The molecule has 1 aromatic heterocycles. The molecule has 0 fully saturated rings. The molecule has 0 spiro atoms. The molecule has 6 nitrogen and oxygen atoms in total. The molecule has 0 aliphatic carbocycles. The Hall–Kier alpha value is -2.08. The second-order valence-corrected chi connectivity index (χ2v) is 6.46. The first-order chi connectivity index (χ1) is 9.68. The van der Waals surface area contributed by atoms with Crippen LogP contribution in [0.1, 0.15) is 39.3 Å². The largest absolute Gasteiger partial charge is 0.348 e. The van der Waals surface area contributed by atoms with Crippen LogP contribution < -0.4 is 16.7 Å². The lowest BCUT2D eigenvalue weighted by atomic mass is 9.86. The van der Waals surface area contributed by atoms with Gasteiger partial charge in [0, 0.05) is 0 Å². The number of aromatic amines is 2. The zero-order valence-corrected chi connectivity index (χ0v) is 12.8. The van der Waals surface area contributed by atoms with E-state index in [0.29, 0.717) is 0 Å². The van der Waals surface area contributed by atoms with Crippen molar-refractivity contribution in [1.29, 1.82) is 0 Å². The van der Waals surface area contributed by atoms with E-state index in [9.17, 15) is 9.59 Å². The van der Waals surface area contributed by atoms with Gasteiger partial charge in [-0.1, -0.05) is 26.8 Å². The SMILES string of the molecule is CC(NC(=O)[C@@H](N)C(C)(C)C)c1ccc2[nH]c(=O)[nH]c2c1. The number of rotatable bonds is 3. The Labute approximate surface area is 123 Å². The number of carbonyl (C=O) groups is 1. The van der Waals surface area contributed by atoms with Crippen molar-refractivity contribution < 1.29 is 4.79 Å². The molecular weight excluding hydrogens is 268 g/mol. The molecule has 0 aliphatic heterocycles. The van der Waals surface area contributed by atoms with Crippen LogP contribution in [0.3, 0.4) is 0 Å². The standard InChI is InChI=1S/C15H22N4O2/c1-8(17-13(20)12(16)15(2,3)4)9-5-6-10-11(7-9)19-14(21)18-10/h5-8,12H,16H2,1-4H3,(H,17,20)(H2,18,19,21)/t8?,12-/m1/s1. The molecule has 0 saturated heterocycles. The summed E-state index contributed by atoms with van der Waals surface area (Å²) < 4.78 is 0. The van der Waals surface area contributed by atoms with Gasteiger partial charge >= 0.3 is 5.69 Å². The fourth-order valence-electron chi connectivity index (χ4n) is 2.10. The molecule has 1 amide bonds. The number of imidazole rings is 1. The van der Waals surface area contributed by atoms with E-state index in [1.54, 1.807) is 0 Å². The second kappa shape index (κ2) is 5.37. The summed E-state index contributed by atoms with van der Waals surface area (Å²) in [5.74, 6) is -0.183. The van der Waals surface area contributed by atoms with E-state index in [-0.39, 0.29) is 23.1 Å². The number of H-pyrrole nitrogens is 2. The van der Waals surface area contributed by atoms with Crippen molar-refractivity contribution in [3.8, 4) is 0 Å². The van der Waals surface area contributed by atoms with Crippen molar-refractivity contribution in [2.75, 3.05) is 0 Å². The number of carbonyl (C=O) groups excluding carboxylic acids is 1. The van der Waals surface area contributed by atoms with Gasteiger partial charge in [-0.3, -0.25) is 4.79 Å². The Balaban J connectivity index is 2.16. The summed E-state index contributed by atoms with van der Waals surface area (Å²) in [6.07, 6.45) is 0. The highest BCUT2D eigenvalue weighted by Gasteiger charge is 2.28. The molecule has 2 aromatic rings. The first-order valence-electron chi connectivity index (χ1n) is 6.96. The lowest BCUT2D eigenvalue weighted by molar-refractivity contribution is -0.125. The summed E-state index contributed by atoms with van der Waals surface area (Å²) >= 11 is 0. The van der Waals surface area contributed by atoms with Crippen LogP contribution in [0.5, 0.6) is 0 Å². The maximum absolute atomic E-state index is 12.1. The molecule has 21 heavy (non-hydrogen) atoms. The molecule has 2 rings (SSSR count). The van der Waals surface area contributed by atoms with Gasteiger partial charge in [0.15, 0.2) is 0 Å². The van der Waals surface area contributed by atoms with Gasteiger partial charge in [-0.25, -0.2) is 4.79 Å². The fraction of sp³-hybridized carbons (Fsp3) is 0.467. The highest BCUT2D eigenvalue weighted by Crippen LogP contribution is 2.20. The molecule has 1 unspecified atom stereocenters. The van der Waals surface area contributed by atoms with Crippen LogP contribution in [0.15, 0.2) is 23.0 Å². The zero-order chi connectivity index (χ0) is 15.8. The maximum atomic E-state index is 12.1. The number of amides is 1. The van der Waals surface area contributed by atoms with Crippen LogP contribution in [0.4, 0.5) is 0 Å². The van der Waals surface area contributed by atoms with E-state index in [1.807, 2.05) is 45.9 Å². The molecule has 6 heteroatoms. The van der Waals surface area contributed by atoms with Gasteiger partial charge in [-0.15, -0.1) is 0 Å². The van der Waals surface area contributed by atoms with Crippen LogP contribution in [0.2, 0.25) is 0 Å². The molecule has 114 valence electrons. The normalized spacial score (nSPS) is 14.9. The molecule has 1 heterocycles. The number of hydrogen-bond acceptors (Lipinski definition) is 3. The highest BCUT2D eigenvalue weighted by atomic mass is 16.2.